The Morgan fingerprint density at radius 1 is 1.47 bits per heavy atom. The molecule has 0 saturated heterocycles. The van der Waals surface area contributed by atoms with Crippen molar-refractivity contribution in [1.29, 1.82) is 0 Å². The molecule has 0 aliphatic heterocycles. The molecule has 0 heterocycles. The lowest BCUT2D eigenvalue weighted by Gasteiger charge is -2.10. The van der Waals surface area contributed by atoms with Crippen LogP contribution in [-0.4, -0.2) is 17.7 Å². The monoisotopic (exact) mass is 256 g/mol. The fourth-order valence-electron chi connectivity index (χ4n) is 1.47. The van der Waals surface area contributed by atoms with Crippen LogP contribution in [0.3, 0.4) is 0 Å². The molecule has 1 rings (SSSR count). The molecule has 0 aliphatic rings. The maximum atomic E-state index is 11.0. The number of ether oxygens (including phenoxy) is 1. The van der Waals surface area contributed by atoms with Gasteiger partial charge in [-0.25, -0.2) is 4.79 Å². The second-order valence-electron chi connectivity index (χ2n) is 4.33. The lowest BCUT2D eigenvalue weighted by atomic mass is 10.1. The van der Waals surface area contributed by atoms with E-state index in [1.54, 1.807) is 12.1 Å². The molecule has 0 radical (unpaired) electrons. The Labute approximate surface area is 106 Å². The van der Waals surface area contributed by atoms with Crippen LogP contribution in [0.2, 0.25) is 5.02 Å². The number of carboxylic acid groups (broad SMARTS) is 1. The normalized spacial score (nSPS) is 10.6. The second kappa shape index (κ2) is 6.50. The Morgan fingerprint density at radius 2 is 2.18 bits per heavy atom. The lowest BCUT2D eigenvalue weighted by molar-refractivity contribution is 0.0692. The smallest absolute Gasteiger partial charge is 0.339 e. The third-order valence-electron chi connectivity index (χ3n) is 2.36. The van der Waals surface area contributed by atoms with Gasteiger partial charge < -0.3 is 9.84 Å². The van der Waals surface area contributed by atoms with Crippen LogP contribution in [0, 0.1) is 5.92 Å². The lowest BCUT2D eigenvalue weighted by Crippen LogP contribution is -2.05. The number of aromatic carboxylic acids is 1. The summed E-state index contributed by atoms with van der Waals surface area (Å²) in [5, 5.41) is 9.46. The first-order valence-corrected chi connectivity index (χ1v) is 6.04. The van der Waals surface area contributed by atoms with Gasteiger partial charge >= 0.3 is 5.97 Å². The van der Waals surface area contributed by atoms with Crippen LogP contribution in [0.5, 0.6) is 5.75 Å². The molecule has 17 heavy (non-hydrogen) atoms. The molecule has 3 nitrogen and oxygen atoms in total. The first kappa shape index (κ1) is 13.8. The highest BCUT2D eigenvalue weighted by Crippen LogP contribution is 2.23. The van der Waals surface area contributed by atoms with Crippen LogP contribution in [-0.2, 0) is 0 Å². The first-order valence-electron chi connectivity index (χ1n) is 5.66. The number of hydrogen-bond donors (Lipinski definition) is 1. The third-order valence-corrected chi connectivity index (χ3v) is 2.59. The maximum absolute atomic E-state index is 11.0. The van der Waals surface area contributed by atoms with Gasteiger partial charge in [0.2, 0.25) is 0 Å². The molecule has 4 heteroatoms. The summed E-state index contributed by atoms with van der Waals surface area (Å²) in [6.07, 6.45) is 1.96. The predicted octanol–water partition coefficient (Wildman–Crippen LogP) is 3.85. The highest BCUT2D eigenvalue weighted by atomic mass is 35.5. The van der Waals surface area contributed by atoms with Crippen LogP contribution < -0.4 is 4.74 Å². The topological polar surface area (TPSA) is 46.5 Å². The minimum absolute atomic E-state index is 0.152. The van der Waals surface area contributed by atoms with Gasteiger partial charge in [0.25, 0.3) is 0 Å². The van der Waals surface area contributed by atoms with Gasteiger partial charge in [0.15, 0.2) is 0 Å². The van der Waals surface area contributed by atoms with Crippen molar-refractivity contribution in [3.8, 4) is 5.75 Å². The van der Waals surface area contributed by atoms with E-state index < -0.39 is 5.97 Å². The van der Waals surface area contributed by atoms with E-state index in [0.29, 0.717) is 23.3 Å². The van der Waals surface area contributed by atoms with Gasteiger partial charge in [0.05, 0.1) is 6.61 Å². The number of hydrogen-bond acceptors (Lipinski definition) is 2. The molecule has 0 aromatic heterocycles. The molecule has 94 valence electrons. The molecule has 0 amide bonds. The van der Waals surface area contributed by atoms with E-state index >= 15 is 0 Å². The molecule has 0 spiro atoms. The molecule has 1 N–H and O–H groups in total. The van der Waals surface area contributed by atoms with E-state index in [1.165, 1.54) is 6.07 Å². The average Bonchev–Trinajstić information content (AvgIpc) is 2.23. The SMILES string of the molecule is CC(C)CCCOc1cc(Cl)ccc1C(=O)O. The molecule has 0 aliphatic carbocycles. The third kappa shape index (κ3) is 4.65. The molecule has 0 fully saturated rings. The van der Waals surface area contributed by atoms with Crippen molar-refractivity contribution < 1.29 is 14.6 Å². The number of carbonyl (C=O) groups is 1. The Bertz CT molecular complexity index is 388. The fraction of sp³-hybridized carbons (Fsp3) is 0.462. The van der Waals surface area contributed by atoms with Crippen LogP contribution in [0.15, 0.2) is 18.2 Å². The Balaban J connectivity index is 2.62. The number of benzene rings is 1. The number of carboxylic acids is 1. The zero-order valence-corrected chi connectivity index (χ0v) is 10.8. The Hall–Kier alpha value is -1.22. The van der Waals surface area contributed by atoms with Gasteiger partial charge in [-0.15, -0.1) is 0 Å². The molecule has 0 bridgehead atoms. The molecule has 0 atom stereocenters. The van der Waals surface area contributed by atoms with Crippen LogP contribution in [0.25, 0.3) is 0 Å². The van der Waals surface area contributed by atoms with E-state index in [1.807, 2.05) is 0 Å². The fourth-order valence-corrected chi connectivity index (χ4v) is 1.63. The molecule has 1 aromatic rings. The van der Waals surface area contributed by atoms with Crippen LogP contribution >= 0.6 is 11.6 Å². The molecule has 0 saturated carbocycles. The van der Waals surface area contributed by atoms with E-state index in [9.17, 15) is 4.79 Å². The van der Waals surface area contributed by atoms with Crippen molar-refractivity contribution in [2.75, 3.05) is 6.61 Å². The Morgan fingerprint density at radius 3 is 2.76 bits per heavy atom. The summed E-state index contributed by atoms with van der Waals surface area (Å²) in [6, 6.07) is 4.55. The van der Waals surface area contributed by atoms with Crippen LogP contribution in [0.4, 0.5) is 0 Å². The highest BCUT2D eigenvalue weighted by Gasteiger charge is 2.11. The Kier molecular flexibility index (Phi) is 5.29. The van der Waals surface area contributed by atoms with Gasteiger partial charge in [0.1, 0.15) is 11.3 Å². The maximum Gasteiger partial charge on any atom is 0.339 e. The van der Waals surface area contributed by atoms with Crippen molar-refractivity contribution >= 4 is 17.6 Å². The summed E-state index contributed by atoms with van der Waals surface area (Å²) >= 11 is 5.81. The zero-order chi connectivity index (χ0) is 12.8. The first-order chi connectivity index (χ1) is 8.00. The van der Waals surface area contributed by atoms with Crippen molar-refractivity contribution in [2.24, 2.45) is 5.92 Å². The van der Waals surface area contributed by atoms with Crippen LogP contribution in [0.1, 0.15) is 37.0 Å². The van der Waals surface area contributed by atoms with E-state index in [2.05, 4.69) is 13.8 Å². The zero-order valence-electron chi connectivity index (χ0n) is 10.1. The quantitative estimate of drug-likeness (QED) is 0.787. The second-order valence-corrected chi connectivity index (χ2v) is 4.77. The summed E-state index contributed by atoms with van der Waals surface area (Å²) in [4.78, 5) is 11.0. The van der Waals surface area contributed by atoms with Crippen molar-refractivity contribution in [3.63, 3.8) is 0 Å². The predicted molar refractivity (Wildman–Crippen MR) is 68.0 cm³/mol. The van der Waals surface area contributed by atoms with E-state index in [4.69, 9.17) is 21.4 Å². The molecule has 0 unspecified atom stereocenters. The van der Waals surface area contributed by atoms with Crippen molar-refractivity contribution in [2.45, 2.75) is 26.7 Å². The molecule has 1 aromatic carbocycles. The number of halogens is 1. The summed E-state index contributed by atoms with van der Waals surface area (Å²) in [5.41, 5.74) is 0.152. The standard InChI is InChI=1S/C13H17ClO3/c1-9(2)4-3-7-17-12-8-10(14)5-6-11(12)13(15)16/h5-6,8-9H,3-4,7H2,1-2H3,(H,15,16). The molecular formula is C13H17ClO3. The minimum Gasteiger partial charge on any atom is -0.493 e. The van der Waals surface area contributed by atoms with Gasteiger partial charge in [-0.2, -0.15) is 0 Å². The summed E-state index contributed by atoms with van der Waals surface area (Å²) < 4.78 is 5.46. The summed E-state index contributed by atoms with van der Waals surface area (Å²) in [6.45, 7) is 4.79. The van der Waals surface area contributed by atoms with E-state index in [0.717, 1.165) is 12.8 Å². The number of rotatable bonds is 6. The molecular weight excluding hydrogens is 240 g/mol. The van der Waals surface area contributed by atoms with Crippen molar-refractivity contribution in [3.05, 3.63) is 28.8 Å². The summed E-state index contributed by atoms with van der Waals surface area (Å²) in [7, 11) is 0. The van der Waals surface area contributed by atoms with Gasteiger partial charge in [-0.1, -0.05) is 25.4 Å². The van der Waals surface area contributed by atoms with Gasteiger partial charge in [-0.05, 0) is 37.0 Å². The van der Waals surface area contributed by atoms with Gasteiger partial charge in [-0.3, -0.25) is 0 Å². The van der Waals surface area contributed by atoms with Gasteiger partial charge in [0, 0.05) is 5.02 Å². The summed E-state index contributed by atoms with van der Waals surface area (Å²) in [5.74, 6) is -0.0359. The van der Waals surface area contributed by atoms with Crippen molar-refractivity contribution in [1.82, 2.24) is 0 Å². The largest absolute Gasteiger partial charge is 0.493 e. The minimum atomic E-state index is -1.000. The average molecular weight is 257 g/mol. The van der Waals surface area contributed by atoms with E-state index in [-0.39, 0.29) is 5.56 Å². The highest BCUT2D eigenvalue weighted by molar-refractivity contribution is 6.30.